The average Bonchev–Trinajstić information content (AvgIpc) is 2.95. The van der Waals surface area contributed by atoms with Gasteiger partial charge >= 0.3 is 0 Å². The molecule has 3 N–H and O–H groups in total. The van der Waals surface area contributed by atoms with Crippen molar-refractivity contribution in [3.8, 4) is 0 Å². The van der Waals surface area contributed by atoms with Crippen LogP contribution in [0.5, 0.6) is 0 Å². The van der Waals surface area contributed by atoms with Gasteiger partial charge in [-0.25, -0.2) is 0 Å². The van der Waals surface area contributed by atoms with Gasteiger partial charge in [-0.15, -0.1) is 12.4 Å². The number of nitrogens with zero attached hydrogens (tertiary/aromatic N) is 1. The van der Waals surface area contributed by atoms with E-state index >= 15 is 0 Å². The minimum Gasteiger partial charge on any atom is -0.344 e. The van der Waals surface area contributed by atoms with Gasteiger partial charge in [0, 0.05) is 26.1 Å². The molecule has 1 aliphatic carbocycles. The lowest BCUT2D eigenvalue weighted by molar-refractivity contribution is -0.136. The molecule has 0 radical (unpaired) electrons. The van der Waals surface area contributed by atoms with Crippen LogP contribution in [0.3, 0.4) is 0 Å². The summed E-state index contributed by atoms with van der Waals surface area (Å²) in [5.74, 6) is 0.243. The first-order valence-electron chi connectivity index (χ1n) is 6.89. The third-order valence-electron chi connectivity index (χ3n) is 4.03. The molecule has 0 aromatic heterocycles. The van der Waals surface area contributed by atoms with E-state index in [-0.39, 0.29) is 36.3 Å². The van der Waals surface area contributed by atoms with E-state index in [1.807, 2.05) is 4.90 Å². The van der Waals surface area contributed by atoms with Crippen molar-refractivity contribution in [1.29, 1.82) is 0 Å². The van der Waals surface area contributed by atoms with Crippen LogP contribution >= 0.6 is 12.4 Å². The number of amides is 2. The number of likely N-dealkylation sites (tertiary alicyclic amines) is 1. The second-order valence-corrected chi connectivity index (χ2v) is 5.56. The number of hydrogen-bond donors (Lipinski definition) is 2. The number of hydrogen-bond acceptors (Lipinski definition) is 3. The number of nitrogens with two attached hydrogens (primary N) is 1. The van der Waals surface area contributed by atoms with Crippen LogP contribution in [0.1, 0.15) is 39.0 Å². The van der Waals surface area contributed by atoms with E-state index in [1.54, 1.807) is 0 Å². The summed E-state index contributed by atoms with van der Waals surface area (Å²) in [6, 6.07) is -0.245. The Bertz CT molecular complexity index is 332. The summed E-state index contributed by atoms with van der Waals surface area (Å²) >= 11 is 0. The maximum Gasteiger partial charge on any atom is 0.245 e. The summed E-state index contributed by atoms with van der Waals surface area (Å²) in [6.45, 7) is 2.83. The van der Waals surface area contributed by atoms with Crippen LogP contribution in [0.15, 0.2) is 0 Å². The van der Waals surface area contributed by atoms with Gasteiger partial charge in [-0.3, -0.25) is 9.59 Å². The summed E-state index contributed by atoms with van der Waals surface area (Å²) in [5.41, 5.74) is 5.84. The predicted molar refractivity (Wildman–Crippen MR) is 76.0 cm³/mol. The quantitative estimate of drug-likeness (QED) is 0.801. The fourth-order valence-corrected chi connectivity index (χ4v) is 3.08. The highest BCUT2D eigenvalue weighted by Crippen LogP contribution is 2.29. The zero-order chi connectivity index (χ0) is 13.1. The highest BCUT2D eigenvalue weighted by molar-refractivity contribution is 5.87. The molecular formula is C13H24ClN3O2. The maximum absolute atomic E-state index is 12.5. The molecule has 2 amide bonds. The van der Waals surface area contributed by atoms with Crippen molar-refractivity contribution in [2.75, 3.05) is 13.1 Å². The average molecular weight is 290 g/mol. The van der Waals surface area contributed by atoms with Crippen LogP contribution in [0.2, 0.25) is 0 Å². The minimum atomic E-state index is -0.338. The van der Waals surface area contributed by atoms with E-state index in [4.69, 9.17) is 5.73 Å². The molecule has 6 heteroatoms. The SMILES string of the molecule is CC(=O)NC(C(=O)N1CC[C@@H](N)C1)C1CCCC1.Cl. The van der Waals surface area contributed by atoms with Crippen molar-refractivity contribution >= 4 is 24.2 Å². The lowest BCUT2D eigenvalue weighted by Crippen LogP contribution is -2.51. The molecule has 1 saturated carbocycles. The summed E-state index contributed by atoms with van der Waals surface area (Å²) in [6.07, 6.45) is 5.26. The van der Waals surface area contributed by atoms with Gasteiger partial charge in [-0.05, 0) is 25.2 Å². The Hall–Kier alpha value is -0.810. The zero-order valence-corrected chi connectivity index (χ0v) is 12.2. The van der Waals surface area contributed by atoms with Gasteiger partial charge in [0.1, 0.15) is 6.04 Å². The molecule has 2 fully saturated rings. The van der Waals surface area contributed by atoms with Crippen molar-refractivity contribution in [2.24, 2.45) is 11.7 Å². The molecule has 1 saturated heterocycles. The Morgan fingerprint density at radius 2 is 1.89 bits per heavy atom. The molecule has 2 rings (SSSR count). The topological polar surface area (TPSA) is 75.4 Å². The van der Waals surface area contributed by atoms with Crippen LogP contribution in [-0.2, 0) is 9.59 Å². The first kappa shape index (κ1) is 16.2. The fourth-order valence-electron chi connectivity index (χ4n) is 3.08. The standard InChI is InChI=1S/C13H23N3O2.ClH/c1-9(17)15-12(10-4-2-3-5-10)13(18)16-7-6-11(14)8-16;/h10-12H,2-8,14H2,1H3,(H,15,17);1H/t11-,12?;/m1./s1. The molecule has 0 aromatic rings. The Morgan fingerprint density at radius 1 is 1.26 bits per heavy atom. The molecule has 1 heterocycles. The van der Waals surface area contributed by atoms with Crippen LogP contribution in [0.4, 0.5) is 0 Å². The molecule has 2 atom stereocenters. The van der Waals surface area contributed by atoms with Crippen LogP contribution in [0.25, 0.3) is 0 Å². The van der Waals surface area contributed by atoms with Gasteiger partial charge in [0.2, 0.25) is 11.8 Å². The van der Waals surface area contributed by atoms with Gasteiger partial charge in [0.25, 0.3) is 0 Å². The van der Waals surface area contributed by atoms with Gasteiger partial charge < -0.3 is 16.0 Å². The summed E-state index contributed by atoms with van der Waals surface area (Å²) in [5, 5.41) is 2.84. The third kappa shape index (κ3) is 4.08. The maximum atomic E-state index is 12.5. The molecule has 1 aliphatic heterocycles. The Morgan fingerprint density at radius 3 is 2.37 bits per heavy atom. The van der Waals surface area contributed by atoms with Gasteiger partial charge in [0.05, 0.1) is 0 Å². The van der Waals surface area contributed by atoms with E-state index in [0.29, 0.717) is 12.5 Å². The molecule has 19 heavy (non-hydrogen) atoms. The first-order chi connectivity index (χ1) is 8.58. The molecule has 5 nitrogen and oxygen atoms in total. The summed E-state index contributed by atoms with van der Waals surface area (Å²) in [4.78, 5) is 25.6. The normalized spacial score (nSPS) is 24.9. The Labute approximate surface area is 120 Å². The fraction of sp³-hybridized carbons (Fsp3) is 0.846. The van der Waals surface area contributed by atoms with Crippen molar-refractivity contribution in [2.45, 2.75) is 51.1 Å². The number of nitrogens with one attached hydrogen (secondary N) is 1. The van der Waals surface area contributed by atoms with E-state index in [0.717, 1.165) is 38.6 Å². The molecule has 0 aromatic carbocycles. The molecule has 0 spiro atoms. The Balaban J connectivity index is 0.00000180. The number of carbonyl (C=O) groups excluding carboxylic acids is 2. The number of rotatable bonds is 3. The van der Waals surface area contributed by atoms with Gasteiger partial charge in [-0.1, -0.05) is 12.8 Å². The zero-order valence-electron chi connectivity index (χ0n) is 11.4. The second kappa shape index (κ2) is 7.10. The second-order valence-electron chi connectivity index (χ2n) is 5.56. The highest BCUT2D eigenvalue weighted by Gasteiger charge is 2.36. The monoisotopic (exact) mass is 289 g/mol. The van der Waals surface area contributed by atoms with Crippen molar-refractivity contribution in [3.05, 3.63) is 0 Å². The van der Waals surface area contributed by atoms with Crippen molar-refractivity contribution < 1.29 is 9.59 Å². The largest absolute Gasteiger partial charge is 0.344 e. The Kier molecular flexibility index (Phi) is 6.07. The molecular weight excluding hydrogens is 266 g/mol. The van der Waals surface area contributed by atoms with Gasteiger partial charge in [-0.2, -0.15) is 0 Å². The third-order valence-corrected chi connectivity index (χ3v) is 4.03. The first-order valence-corrected chi connectivity index (χ1v) is 6.89. The molecule has 110 valence electrons. The summed E-state index contributed by atoms with van der Waals surface area (Å²) < 4.78 is 0. The van der Waals surface area contributed by atoms with Crippen LogP contribution < -0.4 is 11.1 Å². The predicted octanol–water partition coefficient (Wildman–Crippen LogP) is 0.663. The molecule has 0 bridgehead atoms. The number of carbonyl (C=O) groups is 2. The highest BCUT2D eigenvalue weighted by atomic mass is 35.5. The van der Waals surface area contributed by atoms with Crippen molar-refractivity contribution in [3.63, 3.8) is 0 Å². The lowest BCUT2D eigenvalue weighted by atomic mass is 9.96. The van der Waals surface area contributed by atoms with Crippen LogP contribution in [-0.4, -0.2) is 41.9 Å². The summed E-state index contributed by atoms with van der Waals surface area (Å²) in [7, 11) is 0. The smallest absolute Gasteiger partial charge is 0.245 e. The van der Waals surface area contributed by atoms with E-state index < -0.39 is 0 Å². The van der Waals surface area contributed by atoms with Crippen LogP contribution in [0, 0.1) is 5.92 Å². The lowest BCUT2D eigenvalue weighted by Gasteiger charge is -2.28. The van der Waals surface area contributed by atoms with Crippen molar-refractivity contribution in [1.82, 2.24) is 10.2 Å². The molecule has 2 aliphatic rings. The molecule has 1 unspecified atom stereocenters. The number of halogens is 1. The van der Waals surface area contributed by atoms with E-state index in [1.165, 1.54) is 6.92 Å². The van der Waals surface area contributed by atoms with E-state index in [2.05, 4.69) is 5.32 Å². The minimum absolute atomic E-state index is 0. The van der Waals surface area contributed by atoms with E-state index in [9.17, 15) is 9.59 Å². The van der Waals surface area contributed by atoms with Gasteiger partial charge in [0.15, 0.2) is 0 Å².